The van der Waals surface area contributed by atoms with Crippen molar-refractivity contribution in [1.29, 1.82) is 0 Å². The molecule has 2 rings (SSSR count). The van der Waals surface area contributed by atoms with Gasteiger partial charge in [-0.15, -0.1) is 0 Å². The van der Waals surface area contributed by atoms with E-state index < -0.39 is 12.0 Å². The van der Waals surface area contributed by atoms with Gasteiger partial charge in [-0.2, -0.15) is 0 Å². The molecular formula is C17H18N2O2S. The molecule has 2 aromatic carbocycles. The number of carbonyl (C=O) groups is 1. The minimum absolute atomic E-state index is 0.0711. The van der Waals surface area contributed by atoms with Gasteiger partial charge in [0.1, 0.15) is 11.8 Å². The molecule has 0 radical (unpaired) electrons. The van der Waals surface area contributed by atoms with Gasteiger partial charge in [-0.3, -0.25) is 0 Å². The Morgan fingerprint density at radius 3 is 2.41 bits per heavy atom. The second kappa shape index (κ2) is 7.56. The first-order chi connectivity index (χ1) is 10.5. The van der Waals surface area contributed by atoms with Gasteiger partial charge in [0.15, 0.2) is 5.11 Å². The molecule has 114 valence electrons. The first kappa shape index (κ1) is 16.0. The lowest BCUT2D eigenvalue weighted by Gasteiger charge is -2.17. The molecule has 2 aromatic rings. The third kappa shape index (κ3) is 4.86. The van der Waals surface area contributed by atoms with Crippen molar-refractivity contribution in [3.05, 3.63) is 65.7 Å². The lowest BCUT2D eigenvalue weighted by atomic mass is 10.1. The lowest BCUT2D eigenvalue weighted by Crippen LogP contribution is -2.46. The summed E-state index contributed by atoms with van der Waals surface area (Å²) < 4.78 is 5.39. The molecule has 1 atom stereocenters. The standard InChI is InChI=1S/C17H18N2O2S/c1-12-7-9-14(10-8-12)21-16(20)15(19-17(18)22)11-13-5-3-2-4-6-13/h2-10,15H,11H2,1H3,(H3,18,19,22)/t15-/m0/s1. The molecule has 0 fully saturated rings. The van der Waals surface area contributed by atoms with Crippen molar-refractivity contribution in [2.24, 2.45) is 5.73 Å². The second-order valence-corrected chi connectivity index (χ2v) is 5.42. The predicted molar refractivity (Wildman–Crippen MR) is 90.7 cm³/mol. The number of rotatable bonds is 5. The number of nitrogens with two attached hydrogens (primary N) is 1. The fourth-order valence-corrected chi connectivity index (χ4v) is 2.15. The third-order valence-corrected chi connectivity index (χ3v) is 3.24. The van der Waals surface area contributed by atoms with Crippen molar-refractivity contribution in [1.82, 2.24) is 5.32 Å². The molecule has 0 heterocycles. The summed E-state index contributed by atoms with van der Waals surface area (Å²) in [5.41, 5.74) is 7.61. The van der Waals surface area contributed by atoms with Crippen LogP contribution in [0.1, 0.15) is 11.1 Å². The minimum atomic E-state index is -0.624. The zero-order valence-corrected chi connectivity index (χ0v) is 13.1. The Bertz CT molecular complexity index is 641. The van der Waals surface area contributed by atoms with Crippen molar-refractivity contribution in [3.63, 3.8) is 0 Å². The van der Waals surface area contributed by atoms with Gasteiger partial charge < -0.3 is 15.8 Å². The first-order valence-corrected chi connectivity index (χ1v) is 7.33. The zero-order chi connectivity index (χ0) is 15.9. The first-order valence-electron chi connectivity index (χ1n) is 6.93. The fourth-order valence-electron chi connectivity index (χ4n) is 2.01. The summed E-state index contributed by atoms with van der Waals surface area (Å²) in [4.78, 5) is 12.3. The van der Waals surface area contributed by atoms with Crippen LogP contribution in [0.2, 0.25) is 0 Å². The van der Waals surface area contributed by atoms with E-state index in [9.17, 15) is 4.79 Å². The Balaban J connectivity index is 2.08. The third-order valence-electron chi connectivity index (χ3n) is 3.12. The van der Waals surface area contributed by atoms with Crippen LogP contribution < -0.4 is 15.8 Å². The maximum atomic E-state index is 12.3. The Hall–Kier alpha value is -2.40. The van der Waals surface area contributed by atoms with E-state index in [0.29, 0.717) is 12.2 Å². The Kier molecular flexibility index (Phi) is 5.49. The van der Waals surface area contributed by atoms with Gasteiger partial charge in [0.25, 0.3) is 0 Å². The van der Waals surface area contributed by atoms with Crippen LogP contribution in [0.3, 0.4) is 0 Å². The molecule has 0 saturated heterocycles. The van der Waals surface area contributed by atoms with Gasteiger partial charge in [0.05, 0.1) is 0 Å². The minimum Gasteiger partial charge on any atom is -0.425 e. The van der Waals surface area contributed by atoms with Crippen LogP contribution in [0, 0.1) is 6.92 Å². The number of ether oxygens (including phenoxy) is 1. The van der Waals surface area contributed by atoms with E-state index in [1.54, 1.807) is 12.1 Å². The molecule has 4 nitrogen and oxygen atoms in total. The summed E-state index contributed by atoms with van der Waals surface area (Å²) in [6, 6.07) is 16.3. The van der Waals surface area contributed by atoms with Crippen molar-refractivity contribution in [2.75, 3.05) is 0 Å². The molecule has 0 saturated carbocycles. The number of hydrogen-bond acceptors (Lipinski definition) is 3. The van der Waals surface area contributed by atoms with E-state index in [0.717, 1.165) is 11.1 Å². The molecule has 0 spiro atoms. The van der Waals surface area contributed by atoms with Crippen LogP contribution in [0.15, 0.2) is 54.6 Å². The van der Waals surface area contributed by atoms with Gasteiger partial charge in [-0.1, -0.05) is 48.0 Å². The number of hydrogen-bond donors (Lipinski definition) is 2. The van der Waals surface area contributed by atoms with Crippen LogP contribution in [0.25, 0.3) is 0 Å². The maximum absolute atomic E-state index is 12.3. The number of nitrogens with one attached hydrogen (secondary N) is 1. The van der Waals surface area contributed by atoms with Gasteiger partial charge >= 0.3 is 5.97 Å². The molecule has 3 N–H and O–H groups in total. The molecule has 0 unspecified atom stereocenters. The van der Waals surface area contributed by atoms with Crippen LogP contribution >= 0.6 is 12.2 Å². The largest absolute Gasteiger partial charge is 0.425 e. The lowest BCUT2D eigenvalue weighted by molar-refractivity contribution is -0.136. The van der Waals surface area contributed by atoms with Crippen molar-refractivity contribution in [2.45, 2.75) is 19.4 Å². The molecule has 5 heteroatoms. The van der Waals surface area contributed by atoms with Crippen LogP contribution in [-0.2, 0) is 11.2 Å². The predicted octanol–water partition coefficient (Wildman–Crippen LogP) is 2.34. The number of esters is 1. The topological polar surface area (TPSA) is 64.3 Å². The van der Waals surface area contributed by atoms with E-state index >= 15 is 0 Å². The summed E-state index contributed by atoms with van der Waals surface area (Å²) in [7, 11) is 0. The summed E-state index contributed by atoms with van der Waals surface area (Å²) in [5, 5.41) is 2.87. The Morgan fingerprint density at radius 2 is 1.82 bits per heavy atom. The average molecular weight is 314 g/mol. The average Bonchev–Trinajstić information content (AvgIpc) is 2.49. The quantitative estimate of drug-likeness (QED) is 0.504. The Morgan fingerprint density at radius 1 is 1.18 bits per heavy atom. The summed E-state index contributed by atoms with van der Waals surface area (Å²) >= 11 is 4.85. The number of thiocarbonyl (C=S) groups is 1. The van der Waals surface area contributed by atoms with E-state index in [1.165, 1.54) is 0 Å². The molecule has 0 aliphatic rings. The SMILES string of the molecule is Cc1ccc(OC(=O)[C@H](Cc2ccccc2)NC(N)=S)cc1. The van der Waals surface area contributed by atoms with Crippen LogP contribution in [-0.4, -0.2) is 17.1 Å². The van der Waals surface area contributed by atoms with Gasteiger partial charge in [-0.05, 0) is 36.8 Å². The maximum Gasteiger partial charge on any atom is 0.334 e. The van der Waals surface area contributed by atoms with E-state index in [1.807, 2.05) is 49.4 Å². The van der Waals surface area contributed by atoms with Gasteiger partial charge in [0, 0.05) is 6.42 Å². The molecule has 0 aromatic heterocycles. The molecule has 0 bridgehead atoms. The van der Waals surface area contributed by atoms with Gasteiger partial charge in [-0.25, -0.2) is 4.79 Å². The summed E-state index contributed by atoms with van der Waals surface area (Å²) in [5.74, 6) is 0.0823. The van der Waals surface area contributed by atoms with E-state index in [-0.39, 0.29) is 5.11 Å². The summed E-state index contributed by atoms with van der Waals surface area (Å²) in [6.45, 7) is 1.97. The highest BCUT2D eigenvalue weighted by Crippen LogP contribution is 2.13. The van der Waals surface area contributed by atoms with Crippen molar-refractivity contribution < 1.29 is 9.53 Å². The molecule has 22 heavy (non-hydrogen) atoms. The Labute approximate surface area is 135 Å². The van der Waals surface area contributed by atoms with Crippen LogP contribution in [0.5, 0.6) is 5.75 Å². The number of benzene rings is 2. The highest BCUT2D eigenvalue weighted by molar-refractivity contribution is 7.80. The smallest absolute Gasteiger partial charge is 0.334 e. The monoisotopic (exact) mass is 314 g/mol. The zero-order valence-electron chi connectivity index (χ0n) is 12.3. The molecule has 0 amide bonds. The summed E-state index contributed by atoms with van der Waals surface area (Å²) in [6.07, 6.45) is 0.447. The molecule has 0 aliphatic heterocycles. The van der Waals surface area contributed by atoms with Crippen molar-refractivity contribution >= 4 is 23.3 Å². The van der Waals surface area contributed by atoms with Crippen LogP contribution in [0.4, 0.5) is 0 Å². The van der Waals surface area contributed by atoms with E-state index in [4.69, 9.17) is 22.7 Å². The normalized spacial score (nSPS) is 11.5. The van der Waals surface area contributed by atoms with Gasteiger partial charge in [0.2, 0.25) is 0 Å². The highest BCUT2D eigenvalue weighted by atomic mass is 32.1. The second-order valence-electron chi connectivity index (χ2n) is 4.99. The number of aryl methyl sites for hydroxylation is 1. The highest BCUT2D eigenvalue weighted by Gasteiger charge is 2.21. The number of carbonyl (C=O) groups excluding carboxylic acids is 1. The molecular weight excluding hydrogens is 296 g/mol. The fraction of sp³-hybridized carbons (Fsp3) is 0.176. The van der Waals surface area contributed by atoms with E-state index in [2.05, 4.69) is 5.32 Å². The van der Waals surface area contributed by atoms with Crippen molar-refractivity contribution in [3.8, 4) is 5.75 Å². The molecule has 0 aliphatic carbocycles.